The van der Waals surface area contributed by atoms with Crippen molar-refractivity contribution in [2.75, 3.05) is 26.2 Å². The second-order valence-corrected chi connectivity index (χ2v) is 7.30. The zero-order chi connectivity index (χ0) is 20.5. The molecule has 2 heterocycles. The van der Waals surface area contributed by atoms with E-state index in [-0.39, 0.29) is 5.56 Å². The van der Waals surface area contributed by atoms with Crippen LogP contribution in [0.25, 0.3) is 0 Å². The number of nitrogens with zero attached hydrogens (tertiary/aromatic N) is 3. The third kappa shape index (κ3) is 6.19. The monoisotopic (exact) mass is 396 g/mol. The van der Waals surface area contributed by atoms with Crippen LogP contribution in [0.5, 0.6) is 0 Å². The summed E-state index contributed by atoms with van der Waals surface area (Å²) in [6, 6.07) is 13.6. The van der Waals surface area contributed by atoms with Crippen LogP contribution in [0.3, 0.4) is 0 Å². The minimum atomic E-state index is 0.0181. The zero-order valence-corrected chi connectivity index (χ0v) is 17.5. The molecule has 2 aromatic rings. The van der Waals surface area contributed by atoms with E-state index in [9.17, 15) is 4.79 Å². The Morgan fingerprint density at radius 2 is 1.83 bits per heavy atom. The maximum Gasteiger partial charge on any atom is 0.250 e. The molecule has 1 N–H and O–H groups in total. The number of guanidine groups is 1. The van der Waals surface area contributed by atoms with Crippen molar-refractivity contribution in [2.45, 2.75) is 45.9 Å². The average Bonchev–Trinajstić information content (AvgIpc) is 2.75. The Bertz CT molecular complexity index is 836. The fraction of sp³-hybridized carbons (Fsp3) is 0.478. The summed E-state index contributed by atoms with van der Waals surface area (Å²) in [6.45, 7) is 8.97. The van der Waals surface area contributed by atoms with Crippen molar-refractivity contribution in [3.63, 3.8) is 0 Å². The quantitative estimate of drug-likeness (QED) is 0.578. The van der Waals surface area contributed by atoms with Gasteiger partial charge in [0.2, 0.25) is 0 Å². The summed E-state index contributed by atoms with van der Waals surface area (Å²) < 4.78 is 7.46. The molecule has 1 aromatic heterocycles. The number of ether oxygens (including phenoxy) is 1. The van der Waals surface area contributed by atoms with Crippen molar-refractivity contribution in [1.29, 1.82) is 0 Å². The van der Waals surface area contributed by atoms with Gasteiger partial charge in [-0.3, -0.25) is 4.79 Å². The fourth-order valence-electron chi connectivity index (χ4n) is 3.60. The summed E-state index contributed by atoms with van der Waals surface area (Å²) in [4.78, 5) is 19.0. The number of rotatable bonds is 7. The molecule has 1 aromatic carbocycles. The molecule has 6 heteroatoms. The number of pyridine rings is 1. The molecular formula is C23H32N4O2. The summed E-state index contributed by atoms with van der Waals surface area (Å²) in [5, 5.41) is 3.42. The third-order valence-electron chi connectivity index (χ3n) is 5.17. The molecule has 6 nitrogen and oxygen atoms in total. The Morgan fingerprint density at radius 1 is 1.10 bits per heavy atom. The van der Waals surface area contributed by atoms with Crippen molar-refractivity contribution >= 4 is 5.96 Å². The van der Waals surface area contributed by atoms with Gasteiger partial charge in [-0.1, -0.05) is 30.3 Å². The minimum Gasteiger partial charge on any atom is -0.378 e. The Kier molecular flexibility index (Phi) is 7.87. The molecule has 1 saturated heterocycles. The maximum atomic E-state index is 11.9. The van der Waals surface area contributed by atoms with Gasteiger partial charge in [-0.2, -0.15) is 0 Å². The van der Waals surface area contributed by atoms with Crippen LogP contribution < -0.4 is 10.9 Å². The first-order chi connectivity index (χ1) is 14.2. The minimum absolute atomic E-state index is 0.0181. The van der Waals surface area contributed by atoms with E-state index < -0.39 is 0 Å². The summed E-state index contributed by atoms with van der Waals surface area (Å²) in [5.41, 5.74) is 2.29. The second kappa shape index (κ2) is 10.8. The van der Waals surface area contributed by atoms with Crippen LogP contribution in [0.2, 0.25) is 0 Å². The van der Waals surface area contributed by atoms with Gasteiger partial charge in [0, 0.05) is 38.5 Å². The molecule has 1 fully saturated rings. The molecule has 0 aliphatic carbocycles. The number of aliphatic imine (C=N–C) groups is 1. The van der Waals surface area contributed by atoms with Gasteiger partial charge in [0.15, 0.2) is 5.96 Å². The standard InChI is InChI=1S/C23H32N4O2/c1-3-24-23(26-15-12-21(13-16-26)29-4-2)25-17-19-8-10-20(11-9-19)18-27-14-6-5-7-22(27)28/h5-11,14,21H,3-4,12-13,15-18H2,1-2H3,(H,24,25). The third-order valence-corrected chi connectivity index (χ3v) is 5.17. The highest BCUT2D eigenvalue weighted by Gasteiger charge is 2.21. The lowest BCUT2D eigenvalue weighted by Crippen LogP contribution is -2.47. The van der Waals surface area contributed by atoms with Crippen molar-refractivity contribution in [3.8, 4) is 0 Å². The van der Waals surface area contributed by atoms with Crippen LogP contribution in [-0.2, 0) is 17.8 Å². The van der Waals surface area contributed by atoms with Crippen molar-refractivity contribution in [1.82, 2.24) is 14.8 Å². The SMILES string of the molecule is CCNC(=NCc1ccc(Cn2ccccc2=O)cc1)N1CCC(OCC)CC1. The molecule has 156 valence electrons. The molecule has 29 heavy (non-hydrogen) atoms. The van der Waals surface area contributed by atoms with Gasteiger partial charge in [0.25, 0.3) is 5.56 Å². The van der Waals surface area contributed by atoms with Gasteiger partial charge in [-0.15, -0.1) is 0 Å². The van der Waals surface area contributed by atoms with E-state index in [0.29, 0.717) is 19.2 Å². The van der Waals surface area contributed by atoms with E-state index >= 15 is 0 Å². The number of piperidine rings is 1. The summed E-state index contributed by atoms with van der Waals surface area (Å²) >= 11 is 0. The van der Waals surface area contributed by atoms with E-state index in [0.717, 1.165) is 56.2 Å². The Balaban J connectivity index is 1.59. The highest BCUT2D eigenvalue weighted by Crippen LogP contribution is 2.14. The number of aromatic nitrogens is 1. The molecule has 0 saturated carbocycles. The molecule has 0 amide bonds. The molecule has 3 rings (SSSR count). The smallest absolute Gasteiger partial charge is 0.250 e. The maximum absolute atomic E-state index is 11.9. The van der Waals surface area contributed by atoms with Gasteiger partial charge in [0.1, 0.15) is 0 Å². The van der Waals surface area contributed by atoms with Crippen molar-refractivity contribution in [3.05, 3.63) is 70.1 Å². The van der Waals surface area contributed by atoms with Gasteiger partial charge in [0.05, 0.1) is 19.2 Å². The van der Waals surface area contributed by atoms with Gasteiger partial charge < -0.3 is 19.5 Å². The Hall–Kier alpha value is -2.60. The highest BCUT2D eigenvalue weighted by molar-refractivity contribution is 5.80. The predicted octanol–water partition coefficient (Wildman–Crippen LogP) is 2.86. The lowest BCUT2D eigenvalue weighted by molar-refractivity contribution is 0.0263. The predicted molar refractivity (Wildman–Crippen MR) is 117 cm³/mol. The van der Waals surface area contributed by atoms with Crippen LogP contribution in [-0.4, -0.2) is 47.8 Å². The summed E-state index contributed by atoms with van der Waals surface area (Å²) in [5.74, 6) is 0.974. The Morgan fingerprint density at radius 3 is 2.48 bits per heavy atom. The van der Waals surface area contributed by atoms with Crippen molar-refractivity contribution < 1.29 is 4.74 Å². The first-order valence-electron chi connectivity index (χ1n) is 10.6. The molecule has 0 bridgehead atoms. The Labute approximate surface area is 173 Å². The van der Waals surface area contributed by atoms with Crippen LogP contribution in [0, 0.1) is 0 Å². The molecule has 0 atom stereocenters. The van der Waals surface area contributed by atoms with Crippen LogP contribution >= 0.6 is 0 Å². The fourth-order valence-corrected chi connectivity index (χ4v) is 3.60. The summed E-state index contributed by atoms with van der Waals surface area (Å²) in [6.07, 6.45) is 4.29. The largest absolute Gasteiger partial charge is 0.378 e. The number of likely N-dealkylation sites (tertiary alicyclic amines) is 1. The van der Waals surface area contributed by atoms with E-state index in [1.54, 1.807) is 16.7 Å². The van der Waals surface area contributed by atoms with Gasteiger partial charge in [-0.05, 0) is 43.9 Å². The molecule has 0 unspecified atom stereocenters. The van der Waals surface area contributed by atoms with Crippen LogP contribution in [0.15, 0.2) is 58.4 Å². The molecule has 1 aliphatic rings. The molecule has 1 aliphatic heterocycles. The average molecular weight is 397 g/mol. The number of benzene rings is 1. The van der Waals surface area contributed by atoms with Crippen LogP contribution in [0.4, 0.5) is 0 Å². The summed E-state index contributed by atoms with van der Waals surface area (Å²) in [7, 11) is 0. The van der Waals surface area contributed by atoms with E-state index in [4.69, 9.17) is 9.73 Å². The van der Waals surface area contributed by atoms with Gasteiger partial charge >= 0.3 is 0 Å². The first-order valence-corrected chi connectivity index (χ1v) is 10.6. The number of hydrogen-bond acceptors (Lipinski definition) is 3. The van der Waals surface area contributed by atoms with E-state index in [1.165, 1.54) is 0 Å². The van der Waals surface area contributed by atoms with Gasteiger partial charge in [-0.25, -0.2) is 4.99 Å². The molecular weight excluding hydrogens is 364 g/mol. The van der Waals surface area contributed by atoms with Crippen LogP contribution in [0.1, 0.15) is 37.8 Å². The molecule has 0 spiro atoms. The second-order valence-electron chi connectivity index (χ2n) is 7.30. The number of nitrogens with one attached hydrogen (secondary N) is 1. The lowest BCUT2D eigenvalue weighted by atomic mass is 10.1. The topological polar surface area (TPSA) is 58.9 Å². The first kappa shape index (κ1) is 21.1. The normalized spacial score (nSPS) is 15.5. The number of hydrogen-bond donors (Lipinski definition) is 1. The molecule has 0 radical (unpaired) electrons. The van der Waals surface area contributed by atoms with Crippen molar-refractivity contribution in [2.24, 2.45) is 4.99 Å². The zero-order valence-electron chi connectivity index (χ0n) is 17.5. The lowest BCUT2D eigenvalue weighted by Gasteiger charge is -2.34. The van der Waals surface area contributed by atoms with E-state index in [2.05, 4.69) is 48.3 Å². The van der Waals surface area contributed by atoms with E-state index in [1.807, 2.05) is 12.3 Å². The highest BCUT2D eigenvalue weighted by atomic mass is 16.5.